The average Bonchev–Trinajstić information content (AvgIpc) is 3.04. The maximum absolute atomic E-state index is 12.9. The van der Waals surface area contributed by atoms with E-state index in [0.29, 0.717) is 39.0 Å². The van der Waals surface area contributed by atoms with Crippen LogP contribution in [0.5, 0.6) is 0 Å². The first-order valence-corrected chi connectivity index (χ1v) is 11.2. The Kier molecular flexibility index (Phi) is 5.35. The summed E-state index contributed by atoms with van der Waals surface area (Å²) in [4.78, 5) is 35.0. The number of benzene rings is 1. The molecule has 1 aromatic carbocycles. The van der Waals surface area contributed by atoms with E-state index < -0.39 is 0 Å². The minimum absolute atomic E-state index is 0.0581. The fraction of sp³-hybridized carbons (Fsp3) is 0.278. The van der Waals surface area contributed by atoms with Gasteiger partial charge in [0.1, 0.15) is 5.01 Å². The third-order valence-electron chi connectivity index (χ3n) is 4.08. The van der Waals surface area contributed by atoms with E-state index in [2.05, 4.69) is 31.0 Å². The van der Waals surface area contributed by atoms with Gasteiger partial charge in [0.15, 0.2) is 5.16 Å². The molecule has 3 aromatic heterocycles. The Morgan fingerprint density at radius 3 is 2.82 bits per heavy atom. The lowest BCUT2D eigenvalue weighted by Crippen LogP contribution is -2.23. The van der Waals surface area contributed by atoms with Crippen molar-refractivity contribution in [3.8, 4) is 0 Å². The summed E-state index contributed by atoms with van der Waals surface area (Å²) in [6, 6.07) is 6.99. The number of halogens is 1. The van der Waals surface area contributed by atoms with Crippen molar-refractivity contribution in [1.29, 1.82) is 0 Å². The molecule has 0 aliphatic rings. The number of hydrogen-bond acceptors (Lipinski definition) is 7. The third-order valence-corrected chi connectivity index (χ3v) is 6.40. The summed E-state index contributed by atoms with van der Waals surface area (Å²) in [6.45, 7) is 4.45. The summed E-state index contributed by atoms with van der Waals surface area (Å²) in [5.41, 5.74) is 1.04. The Labute approximate surface area is 176 Å². The topological polar surface area (TPSA) is 82.2 Å². The second-order valence-corrected chi connectivity index (χ2v) is 9.22. The maximum Gasteiger partial charge on any atom is 0.275 e. The molecule has 0 atom stereocenters. The summed E-state index contributed by atoms with van der Waals surface area (Å²) in [5.74, 6) is 0.445. The number of fused-ring (bicyclic) bond motifs is 2. The van der Waals surface area contributed by atoms with E-state index in [0.717, 1.165) is 15.9 Å². The van der Waals surface area contributed by atoms with Gasteiger partial charge in [-0.05, 0) is 31.5 Å². The maximum atomic E-state index is 12.9. The van der Waals surface area contributed by atoms with Crippen molar-refractivity contribution < 1.29 is 0 Å². The van der Waals surface area contributed by atoms with Crippen LogP contribution in [0, 0.1) is 6.92 Å². The summed E-state index contributed by atoms with van der Waals surface area (Å²) in [5, 5.41) is 6.16. The third kappa shape index (κ3) is 3.63. The van der Waals surface area contributed by atoms with Gasteiger partial charge < -0.3 is 0 Å². The Morgan fingerprint density at radius 2 is 2.04 bits per heavy atom. The van der Waals surface area contributed by atoms with E-state index in [4.69, 9.17) is 0 Å². The Bertz CT molecular complexity index is 1310. The molecule has 0 saturated carbocycles. The van der Waals surface area contributed by atoms with Crippen molar-refractivity contribution in [2.24, 2.45) is 0 Å². The van der Waals surface area contributed by atoms with Gasteiger partial charge in [-0.15, -0.1) is 0 Å². The average molecular weight is 478 g/mol. The lowest BCUT2D eigenvalue weighted by atomic mass is 10.2. The molecule has 4 aromatic rings. The molecule has 0 fully saturated rings. The molecule has 3 heterocycles. The minimum Gasteiger partial charge on any atom is -0.287 e. The van der Waals surface area contributed by atoms with Gasteiger partial charge in [-0.1, -0.05) is 46.0 Å². The lowest BCUT2D eigenvalue weighted by Gasteiger charge is -2.12. The van der Waals surface area contributed by atoms with Crippen molar-refractivity contribution in [2.75, 3.05) is 0 Å². The molecule has 0 saturated heterocycles. The predicted molar refractivity (Wildman–Crippen MR) is 115 cm³/mol. The van der Waals surface area contributed by atoms with Crippen LogP contribution in [0.2, 0.25) is 0 Å². The Morgan fingerprint density at radius 1 is 1.21 bits per heavy atom. The molecule has 7 nitrogen and oxygen atoms in total. The van der Waals surface area contributed by atoms with Crippen LogP contribution in [-0.4, -0.2) is 24.1 Å². The van der Waals surface area contributed by atoms with Crippen molar-refractivity contribution >= 4 is 54.9 Å². The smallest absolute Gasteiger partial charge is 0.275 e. The molecule has 28 heavy (non-hydrogen) atoms. The van der Waals surface area contributed by atoms with Crippen LogP contribution in [-0.2, 0) is 12.3 Å². The zero-order valence-electron chi connectivity index (χ0n) is 15.2. The van der Waals surface area contributed by atoms with Gasteiger partial charge in [-0.3, -0.25) is 14.2 Å². The predicted octanol–water partition coefficient (Wildman–Crippen LogP) is 3.63. The van der Waals surface area contributed by atoms with E-state index in [-0.39, 0.29) is 11.1 Å². The number of thioether (sulfide) groups is 1. The van der Waals surface area contributed by atoms with E-state index in [1.165, 1.54) is 33.7 Å². The molecule has 10 heteroatoms. The number of aromatic nitrogens is 5. The molecule has 144 valence electrons. The summed E-state index contributed by atoms with van der Waals surface area (Å²) >= 11 is 6.20. The zero-order valence-corrected chi connectivity index (χ0v) is 18.4. The number of nitrogens with zero attached hydrogens (tertiary/aromatic N) is 5. The lowest BCUT2D eigenvalue weighted by molar-refractivity contribution is 0.584. The van der Waals surface area contributed by atoms with Crippen LogP contribution in [0.15, 0.2) is 43.5 Å². The second kappa shape index (κ2) is 7.76. The highest BCUT2D eigenvalue weighted by molar-refractivity contribution is 9.10. The normalized spacial score (nSPS) is 11.5. The number of hydrogen-bond donors (Lipinski definition) is 0. The quantitative estimate of drug-likeness (QED) is 0.322. The zero-order chi connectivity index (χ0) is 19.8. The first kappa shape index (κ1) is 19.3. The number of aryl methyl sites for hydroxylation is 1. The van der Waals surface area contributed by atoms with Crippen LogP contribution in [0.25, 0.3) is 15.9 Å². The van der Waals surface area contributed by atoms with Gasteiger partial charge in [-0.2, -0.15) is 9.61 Å². The van der Waals surface area contributed by atoms with Crippen molar-refractivity contribution in [3.63, 3.8) is 0 Å². The molecule has 4 rings (SSSR count). The van der Waals surface area contributed by atoms with Crippen LogP contribution < -0.4 is 11.1 Å². The molecule has 0 aliphatic heterocycles. The van der Waals surface area contributed by atoms with Crippen LogP contribution in [0.4, 0.5) is 0 Å². The van der Waals surface area contributed by atoms with Gasteiger partial charge in [0.05, 0.1) is 16.6 Å². The van der Waals surface area contributed by atoms with Crippen LogP contribution >= 0.6 is 39.0 Å². The van der Waals surface area contributed by atoms with E-state index in [9.17, 15) is 9.59 Å². The van der Waals surface area contributed by atoms with Gasteiger partial charge in [0.2, 0.25) is 4.96 Å². The fourth-order valence-corrected chi connectivity index (χ4v) is 4.91. The molecule has 0 amide bonds. The first-order valence-electron chi connectivity index (χ1n) is 8.65. The standard InChI is InChI=1S/C18H16BrN5O2S2/c1-3-6-23-16(26)13-7-11(19)4-5-14(13)21-17(23)27-9-12-8-15(25)24-18(20-12)28-10(2)22-24/h4-5,7-8H,3,6,9H2,1-2H3. The fourth-order valence-electron chi connectivity index (χ4n) is 2.87. The molecule has 0 spiro atoms. The molecule has 0 unspecified atom stereocenters. The van der Waals surface area contributed by atoms with Gasteiger partial charge in [-0.25, -0.2) is 9.97 Å². The number of rotatable bonds is 5. The van der Waals surface area contributed by atoms with Crippen molar-refractivity contribution in [2.45, 2.75) is 37.7 Å². The molecular formula is C18H16BrN5O2S2. The van der Waals surface area contributed by atoms with Gasteiger partial charge in [0, 0.05) is 22.8 Å². The van der Waals surface area contributed by atoms with Gasteiger partial charge in [0.25, 0.3) is 11.1 Å². The van der Waals surface area contributed by atoms with E-state index >= 15 is 0 Å². The highest BCUT2D eigenvalue weighted by atomic mass is 79.9. The molecule has 0 N–H and O–H groups in total. The monoisotopic (exact) mass is 477 g/mol. The van der Waals surface area contributed by atoms with Crippen molar-refractivity contribution in [3.05, 3.63) is 60.1 Å². The Hall–Kier alpha value is -2.04. The van der Waals surface area contributed by atoms with E-state index in [1.54, 1.807) is 10.6 Å². The van der Waals surface area contributed by atoms with Crippen LogP contribution in [0.3, 0.4) is 0 Å². The highest BCUT2D eigenvalue weighted by Crippen LogP contribution is 2.23. The molecule has 0 aliphatic carbocycles. The second-order valence-electron chi connectivity index (χ2n) is 6.20. The highest BCUT2D eigenvalue weighted by Gasteiger charge is 2.13. The largest absolute Gasteiger partial charge is 0.287 e. The molecular weight excluding hydrogens is 462 g/mol. The van der Waals surface area contributed by atoms with Crippen LogP contribution in [0.1, 0.15) is 24.0 Å². The summed E-state index contributed by atoms with van der Waals surface area (Å²) < 4.78 is 3.86. The summed E-state index contributed by atoms with van der Waals surface area (Å²) in [7, 11) is 0. The SMILES string of the molecule is CCCn1c(SCc2cc(=O)n3nc(C)sc3n2)nc2ccc(Br)cc2c1=O. The molecule has 0 radical (unpaired) electrons. The van der Waals surface area contributed by atoms with Gasteiger partial charge >= 0.3 is 0 Å². The Balaban J connectivity index is 1.73. The van der Waals surface area contributed by atoms with Crippen molar-refractivity contribution in [1.82, 2.24) is 24.1 Å². The summed E-state index contributed by atoms with van der Waals surface area (Å²) in [6.07, 6.45) is 0.820. The minimum atomic E-state index is -0.202. The molecule has 0 bridgehead atoms. The van der Waals surface area contributed by atoms with E-state index in [1.807, 2.05) is 26.0 Å². The first-order chi connectivity index (χ1) is 13.5.